The number of nitrogens with zero attached hydrogens (tertiary/aromatic N) is 1. The standard InChI is InChI=1S/C9H11NO3/c1-7-2-3-9(10(12)13)8(6-7)4-5-11/h2-3,6,11H,4-5H2,1H3. The maximum Gasteiger partial charge on any atom is 0.272 e. The first-order valence-corrected chi connectivity index (χ1v) is 4.00. The second kappa shape index (κ2) is 4.00. The van der Waals surface area contributed by atoms with Crippen LogP contribution in [0, 0.1) is 17.0 Å². The van der Waals surface area contributed by atoms with Crippen LogP contribution in [0.2, 0.25) is 0 Å². The van der Waals surface area contributed by atoms with Crippen LogP contribution in [0.1, 0.15) is 11.1 Å². The van der Waals surface area contributed by atoms with E-state index >= 15 is 0 Å². The molecule has 0 fully saturated rings. The summed E-state index contributed by atoms with van der Waals surface area (Å²) in [6.07, 6.45) is 0.331. The average molecular weight is 181 g/mol. The fourth-order valence-electron chi connectivity index (χ4n) is 1.21. The minimum Gasteiger partial charge on any atom is -0.396 e. The van der Waals surface area contributed by atoms with E-state index < -0.39 is 4.92 Å². The van der Waals surface area contributed by atoms with Crippen molar-refractivity contribution in [3.05, 3.63) is 39.4 Å². The van der Waals surface area contributed by atoms with Gasteiger partial charge in [0.2, 0.25) is 0 Å². The van der Waals surface area contributed by atoms with Crippen LogP contribution in [0.15, 0.2) is 18.2 Å². The minimum absolute atomic E-state index is 0.0652. The highest BCUT2D eigenvalue weighted by atomic mass is 16.6. The largest absolute Gasteiger partial charge is 0.396 e. The monoisotopic (exact) mass is 181 g/mol. The summed E-state index contributed by atoms with van der Waals surface area (Å²) in [5.74, 6) is 0. The molecule has 13 heavy (non-hydrogen) atoms. The molecule has 4 heteroatoms. The molecule has 0 heterocycles. The van der Waals surface area contributed by atoms with Crippen LogP contribution in [0.5, 0.6) is 0 Å². The molecule has 0 saturated carbocycles. The summed E-state index contributed by atoms with van der Waals surface area (Å²) in [5.41, 5.74) is 1.64. The molecule has 0 atom stereocenters. The highest BCUT2D eigenvalue weighted by molar-refractivity contribution is 5.42. The number of hydrogen-bond donors (Lipinski definition) is 1. The van der Waals surface area contributed by atoms with Crippen molar-refractivity contribution in [2.24, 2.45) is 0 Å². The van der Waals surface area contributed by atoms with Crippen LogP contribution in [0.25, 0.3) is 0 Å². The van der Waals surface area contributed by atoms with Gasteiger partial charge in [0.15, 0.2) is 0 Å². The van der Waals surface area contributed by atoms with Gasteiger partial charge in [-0.1, -0.05) is 11.6 Å². The molecule has 1 aromatic carbocycles. The molecule has 0 aromatic heterocycles. The molecule has 0 bridgehead atoms. The van der Waals surface area contributed by atoms with Crippen molar-refractivity contribution < 1.29 is 10.0 Å². The minimum atomic E-state index is -0.426. The average Bonchev–Trinajstić information content (AvgIpc) is 2.04. The molecule has 0 radical (unpaired) electrons. The van der Waals surface area contributed by atoms with Crippen molar-refractivity contribution in [2.75, 3.05) is 6.61 Å². The Morgan fingerprint density at radius 3 is 2.77 bits per heavy atom. The van der Waals surface area contributed by atoms with Gasteiger partial charge in [-0.05, 0) is 13.0 Å². The van der Waals surface area contributed by atoms with Gasteiger partial charge in [-0.2, -0.15) is 0 Å². The number of rotatable bonds is 3. The molecule has 1 aromatic rings. The lowest BCUT2D eigenvalue weighted by atomic mass is 10.1. The zero-order valence-corrected chi connectivity index (χ0v) is 7.36. The number of aliphatic hydroxyl groups excluding tert-OH is 1. The topological polar surface area (TPSA) is 63.4 Å². The van der Waals surface area contributed by atoms with Crippen LogP contribution in [-0.2, 0) is 6.42 Å². The predicted octanol–water partition coefficient (Wildman–Crippen LogP) is 1.44. The van der Waals surface area contributed by atoms with E-state index in [2.05, 4.69) is 0 Å². The third-order valence-electron chi connectivity index (χ3n) is 1.81. The molecule has 4 nitrogen and oxygen atoms in total. The fraction of sp³-hybridized carbons (Fsp3) is 0.333. The van der Waals surface area contributed by atoms with Gasteiger partial charge in [0.25, 0.3) is 5.69 Å². The molecule has 1 rings (SSSR count). The first kappa shape index (κ1) is 9.67. The van der Waals surface area contributed by atoms with Crippen molar-refractivity contribution in [2.45, 2.75) is 13.3 Å². The number of nitro groups is 1. The van der Waals surface area contributed by atoms with Gasteiger partial charge >= 0.3 is 0 Å². The Kier molecular flexibility index (Phi) is 2.97. The Bertz CT molecular complexity index is 323. The van der Waals surface area contributed by atoms with Gasteiger partial charge < -0.3 is 5.11 Å². The van der Waals surface area contributed by atoms with Crippen LogP contribution in [0.3, 0.4) is 0 Å². The maximum absolute atomic E-state index is 10.5. The van der Waals surface area contributed by atoms with Gasteiger partial charge in [0, 0.05) is 24.7 Å². The van der Waals surface area contributed by atoms with Crippen molar-refractivity contribution >= 4 is 5.69 Å². The van der Waals surface area contributed by atoms with E-state index in [-0.39, 0.29) is 12.3 Å². The summed E-state index contributed by atoms with van der Waals surface area (Å²) < 4.78 is 0. The quantitative estimate of drug-likeness (QED) is 0.566. The van der Waals surface area contributed by atoms with Gasteiger partial charge in [0.05, 0.1) is 4.92 Å². The van der Waals surface area contributed by atoms with Gasteiger partial charge in [-0.15, -0.1) is 0 Å². The Morgan fingerprint density at radius 1 is 1.54 bits per heavy atom. The van der Waals surface area contributed by atoms with E-state index in [1.165, 1.54) is 6.07 Å². The molecule has 0 unspecified atom stereocenters. The lowest BCUT2D eigenvalue weighted by Crippen LogP contribution is -1.98. The summed E-state index contributed by atoms with van der Waals surface area (Å²) >= 11 is 0. The predicted molar refractivity (Wildman–Crippen MR) is 48.6 cm³/mol. The normalized spacial score (nSPS) is 10.0. The molecule has 70 valence electrons. The highest BCUT2D eigenvalue weighted by Crippen LogP contribution is 2.19. The van der Waals surface area contributed by atoms with E-state index in [4.69, 9.17) is 5.11 Å². The van der Waals surface area contributed by atoms with E-state index in [1.807, 2.05) is 6.92 Å². The van der Waals surface area contributed by atoms with Crippen molar-refractivity contribution in [3.8, 4) is 0 Å². The van der Waals surface area contributed by atoms with Crippen molar-refractivity contribution in [1.82, 2.24) is 0 Å². The Labute approximate surface area is 76.0 Å². The molecule has 0 aliphatic heterocycles. The Morgan fingerprint density at radius 2 is 2.23 bits per heavy atom. The fourth-order valence-corrected chi connectivity index (χ4v) is 1.21. The second-order valence-electron chi connectivity index (χ2n) is 2.86. The van der Waals surface area contributed by atoms with E-state index in [0.29, 0.717) is 12.0 Å². The van der Waals surface area contributed by atoms with Gasteiger partial charge in [-0.3, -0.25) is 10.1 Å². The molecular weight excluding hydrogens is 170 g/mol. The zero-order chi connectivity index (χ0) is 9.84. The summed E-state index contributed by atoms with van der Waals surface area (Å²) in [4.78, 5) is 10.1. The number of aliphatic hydroxyl groups is 1. The van der Waals surface area contributed by atoms with Crippen LogP contribution in [-0.4, -0.2) is 16.6 Å². The smallest absolute Gasteiger partial charge is 0.272 e. The van der Waals surface area contributed by atoms with Crippen molar-refractivity contribution in [3.63, 3.8) is 0 Å². The molecule has 0 saturated heterocycles. The highest BCUT2D eigenvalue weighted by Gasteiger charge is 2.11. The third-order valence-corrected chi connectivity index (χ3v) is 1.81. The van der Waals surface area contributed by atoms with Crippen LogP contribution < -0.4 is 0 Å². The lowest BCUT2D eigenvalue weighted by molar-refractivity contribution is -0.385. The lowest BCUT2D eigenvalue weighted by Gasteiger charge is -2.01. The second-order valence-corrected chi connectivity index (χ2v) is 2.86. The molecule has 0 aliphatic carbocycles. The SMILES string of the molecule is Cc1ccc([N+](=O)[O-])c(CCO)c1. The number of aryl methyl sites for hydroxylation is 1. The number of benzene rings is 1. The maximum atomic E-state index is 10.5. The van der Waals surface area contributed by atoms with Crippen LogP contribution in [0.4, 0.5) is 5.69 Å². The Balaban J connectivity index is 3.10. The van der Waals surface area contributed by atoms with Crippen molar-refractivity contribution in [1.29, 1.82) is 0 Å². The molecule has 0 spiro atoms. The summed E-state index contributed by atoms with van der Waals surface area (Å²) in [5, 5.41) is 19.2. The van der Waals surface area contributed by atoms with E-state index in [0.717, 1.165) is 5.56 Å². The molecular formula is C9H11NO3. The zero-order valence-electron chi connectivity index (χ0n) is 7.36. The summed E-state index contributed by atoms with van der Waals surface area (Å²) in [6.45, 7) is 1.80. The third kappa shape index (κ3) is 2.26. The van der Waals surface area contributed by atoms with E-state index in [1.54, 1.807) is 12.1 Å². The molecule has 1 N–H and O–H groups in total. The molecule has 0 amide bonds. The van der Waals surface area contributed by atoms with Gasteiger partial charge in [-0.25, -0.2) is 0 Å². The van der Waals surface area contributed by atoms with Gasteiger partial charge in [0.1, 0.15) is 0 Å². The first-order chi connectivity index (χ1) is 6.15. The number of hydrogen-bond acceptors (Lipinski definition) is 3. The van der Waals surface area contributed by atoms with Crippen LogP contribution >= 0.6 is 0 Å². The number of nitro benzene ring substituents is 1. The first-order valence-electron chi connectivity index (χ1n) is 4.00. The summed E-state index contributed by atoms with van der Waals surface area (Å²) in [6, 6.07) is 4.90. The summed E-state index contributed by atoms with van der Waals surface area (Å²) in [7, 11) is 0. The Hall–Kier alpha value is -1.42. The molecule has 0 aliphatic rings. The van der Waals surface area contributed by atoms with E-state index in [9.17, 15) is 10.1 Å².